The average molecular weight is 716 g/mol. The third-order valence-electron chi connectivity index (χ3n) is 8.39. The van der Waals surface area contributed by atoms with Gasteiger partial charge in [-0.1, -0.05) is 47.5 Å². The van der Waals surface area contributed by atoms with Crippen LogP contribution in [0.3, 0.4) is 0 Å². The third kappa shape index (κ3) is 8.18. The predicted molar refractivity (Wildman–Crippen MR) is 202 cm³/mol. The van der Waals surface area contributed by atoms with Crippen molar-refractivity contribution < 1.29 is 23.1 Å². The van der Waals surface area contributed by atoms with Crippen molar-refractivity contribution in [3.63, 3.8) is 0 Å². The maximum Gasteiger partial charge on any atom is 0.278 e. The van der Waals surface area contributed by atoms with Crippen LogP contribution in [0.5, 0.6) is 5.75 Å². The van der Waals surface area contributed by atoms with Crippen LogP contribution in [0.4, 0.5) is 22.7 Å². The Morgan fingerprint density at radius 2 is 1.76 bits per heavy atom. The molecule has 50 heavy (non-hydrogen) atoms. The third-order valence-corrected chi connectivity index (χ3v) is 10.5. The Labute approximate surface area is 299 Å². The molecule has 0 saturated carbocycles. The first-order chi connectivity index (χ1) is 23.9. The first-order valence-corrected chi connectivity index (χ1v) is 18.3. The van der Waals surface area contributed by atoms with Gasteiger partial charge in [-0.3, -0.25) is 4.79 Å². The van der Waals surface area contributed by atoms with Gasteiger partial charge in [-0.25, -0.2) is 22.7 Å². The van der Waals surface area contributed by atoms with Crippen LogP contribution in [-0.2, 0) is 14.8 Å². The fraction of sp³-hybridized carbons (Fsp3) is 0.289. The van der Waals surface area contributed by atoms with Crippen LogP contribution in [0.2, 0.25) is 5.02 Å². The van der Waals surface area contributed by atoms with Crippen molar-refractivity contribution in [2.24, 2.45) is 9.98 Å². The van der Waals surface area contributed by atoms with Crippen molar-refractivity contribution in [3.05, 3.63) is 106 Å². The number of amides is 1. The predicted octanol–water partition coefficient (Wildman–Crippen LogP) is 7.31. The number of para-hydroxylation sites is 1. The molecule has 262 valence electrons. The summed E-state index contributed by atoms with van der Waals surface area (Å²) in [6.45, 7) is 11.0. The molecule has 1 aliphatic rings. The molecule has 1 aliphatic heterocycles. The van der Waals surface area contributed by atoms with Gasteiger partial charge in [-0.05, 0) is 99.8 Å². The number of amidine groups is 1. The lowest BCUT2D eigenvalue weighted by molar-refractivity contribution is -0.110. The second-order valence-electron chi connectivity index (χ2n) is 12.1. The van der Waals surface area contributed by atoms with Gasteiger partial charge in [-0.15, -0.1) is 0 Å². The number of carbonyl (C=O) groups excluding carboxylic acids is 1. The molecule has 0 unspecified atom stereocenters. The molecule has 0 aromatic heterocycles. The van der Waals surface area contributed by atoms with Crippen molar-refractivity contribution in [1.29, 1.82) is 0 Å². The fourth-order valence-corrected chi connectivity index (χ4v) is 7.47. The maximum atomic E-state index is 14.3. The number of benzene rings is 4. The van der Waals surface area contributed by atoms with Gasteiger partial charge in [0, 0.05) is 42.5 Å². The molecular formula is C38H42ClN5O5S. The van der Waals surface area contributed by atoms with Crippen molar-refractivity contribution in [2.45, 2.75) is 45.9 Å². The molecule has 0 fully saturated rings. The molecule has 1 amide bonds. The number of ether oxygens (including phenoxy) is 1. The second-order valence-corrected chi connectivity index (χ2v) is 14.4. The fourth-order valence-electron chi connectivity index (χ4n) is 5.70. The number of carbonyl (C=O) groups is 1. The van der Waals surface area contributed by atoms with E-state index in [9.17, 15) is 18.3 Å². The second kappa shape index (κ2) is 15.9. The zero-order chi connectivity index (χ0) is 36.0. The van der Waals surface area contributed by atoms with Gasteiger partial charge in [0.1, 0.15) is 10.6 Å². The molecule has 0 saturated heterocycles. The van der Waals surface area contributed by atoms with Gasteiger partial charge < -0.3 is 20.1 Å². The van der Waals surface area contributed by atoms with Crippen LogP contribution in [0.25, 0.3) is 0 Å². The zero-order valence-electron chi connectivity index (χ0n) is 28.9. The number of rotatable bonds is 13. The van der Waals surface area contributed by atoms with Gasteiger partial charge in [-0.2, -0.15) is 0 Å². The number of likely N-dealkylation sites (N-methyl/N-ethyl adjacent to an activating group) is 1. The van der Waals surface area contributed by atoms with Gasteiger partial charge in [0.15, 0.2) is 11.5 Å². The summed E-state index contributed by atoms with van der Waals surface area (Å²) >= 11 is 6.28. The van der Waals surface area contributed by atoms with Crippen LogP contribution < -0.4 is 15.0 Å². The molecule has 2 N–H and O–H groups in total. The van der Waals surface area contributed by atoms with E-state index in [0.717, 1.165) is 38.0 Å². The minimum atomic E-state index is -4.15. The standard InChI is InChI=1S/C38H42ClN5O5S/c1-6-43(19-20-45)30-15-16-31(27(4)23-30)40-36(38(46)42-33-24-29(39)14-13-26(33)3)37-41-32-10-7-8-11-35(32)50(47,48)44(37)18-9-21-49-34-17-12-25(2)22-28(34)5/h7-8,10-17,22-24,45H,6,9,18-21H2,1-5H3,(H,42,46). The van der Waals surface area contributed by atoms with Crippen molar-refractivity contribution in [3.8, 4) is 5.75 Å². The van der Waals surface area contributed by atoms with Crippen molar-refractivity contribution in [2.75, 3.05) is 43.1 Å². The van der Waals surface area contributed by atoms with Crippen molar-refractivity contribution in [1.82, 2.24) is 4.31 Å². The Kier molecular flexibility index (Phi) is 11.6. The Bertz CT molecular complexity index is 2060. The SMILES string of the molecule is CCN(CCO)c1ccc(N=C(C(=O)Nc2cc(Cl)ccc2C)C2=Nc3ccccc3S(=O)(=O)N2CCCOc2ccc(C)cc2C)c(C)c1. The van der Waals surface area contributed by atoms with Crippen LogP contribution >= 0.6 is 11.6 Å². The summed E-state index contributed by atoms with van der Waals surface area (Å²) in [7, 11) is -4.15. The number of hydrogen-bond acceptors (Lipinski definition) is 8. The van der Waals surface area contributed by atoms with Gasteiger partial charge in [0.2, 0.25) is 0 Å². The van der Waals surface area contributed by atoms with E-state index in [2.05, 4.69) is 5.32 Å². The van der Waals surface area contributed by atoms with E-state index < -0.39 is 15.9 Å². The lowest BCUT2D eigenvalue weighted by atomic mass is 10.1. The van der Waals surface area contributed by atoms with E-state index in [4.69, 9.17) is 26.3 Å². The minimum absolute atomic E-state index is 0.00129. The average Bonchev–Trinajstić information content (AvgIpc) is 3.08. The highest BCUT2D eigenvalue weighted by Crippen LogP contribution is 2.34. The Hall–Kier alpha value is -4.71. The lowest BCUT2D eigenvalue weighted by Gasteiger charge is -2.30. The minimum Gasteiger partial charge on any atom is -0.493 e. The first kappa shape index (κ1) is 36.6. The van der Waals surface area contributed by atoms with Crippen LogP contribution in [0.1, 0.15) is 35.6 Å². The number of sulfonamides is 1. The number of aliphatic imine (C=N–C) groups is 2. The van der Waals surface area contributed by atoms with Gasteiger partial charge in [0.05, 0.1) is 24.6 Å². The van der Waals surface area contributed by atoms with Crippen molar-refractivity contribution >= 4 is 61.8 Å². The highest BCUT2D eigenvalue weighted by Gasteiger charge is 2.38. The number of nitrogens with one attached hydrogen (secondary N) is 1. The van der Waals surface area contributed by atoms with Crippen LogP contribution in [-0.4, -0.2) is 68.1 Å². The number of nitrogens with zero attached hydrogens (tertiary/aromatic N) is 4. The highest BCUT2D eigenvalue weighted by molar-refractivity contribution is 7.90. The number of fused-ring (bicyclic) bond motifs is 1. The first-order valence-electron chi connectivity index (χ1n) is 16.5. The molecule has 0 radical (unpaired) electrons. The summed E-state index contributed by atoms with van der Waals surface area (Å²) in [6.07, 6.45) is 0.307. The van der Waals surface area contributed by atoms with E-state index in [0.29, 0.717) is 35.9 Å². The summed E-state index contributed by atoms with van der Waals surface area (Å²) in [6, 6.07) is 23.0. The molecule has 4 aromatic rings. The molecule has 0 bridgehead atoms. The molecule has 5 rings (SSSR count). The molecule has 0 atom stereocenters. The summed E-state index contributed by atoms with van der Waals surface area (Å²) in [5.74, 6) is -0.0417. The molecule has 0 aliphatic carbocycles. The Balaban J connectivity index is 1.58. The van der Waals surface area contributed by atoms with Crippen LogP contribution in [0, 0.1) is 27.7 Å². The van der Waals surface area contributed by atoms with E-state index in [1.165, 1.54) is 6.07 Å². The summed E-state index contributed by atoms with van der Waals surface area (Å²) < 4.78 is 35.7. The molecule has 1 heterocycles. The summed E-state index contributed by atoms with van der Waals surface area (Å²) in [5, 5.41) is 12.9. The number of aliphatic hydroxyl groups excluding tert-OH is 1. The zero-order valence-corrected chi connectivity index (χ0v) is 30.5. The van der Waals surface area contributed by atoms with E-state index in [1.807, 2.05) is 69.9 Å². The quantitative estimate of drug-likeness (QED) is 0.111. The number of halogens is 1. The lowest BCUT2D eigenvalue weighted by Crippen LogP contribution is -2.47. The molecule has 0 spiro atoms. The van der Waals surface area contributed by atoms with Crippen LogP contribution in [0.15, 0.2) is 93.7 Å². The van der Waals surface area contributed by atoms with Gasteiger partial charge in [0.25, 0.3) is 15.9 Å². The summed E-state index contributed by atoms with van der Waals surface area (Å²) in [5.41, 5.74) is 5.42. The molecule has 10 nitrogen and oxygen atoms in total. The topological polar surface area (TPSA) is 124 Å². The van der Waals surface area contributed by atoms with E-state index in [1.54, 1.807) is 42.5 Å². The highest BCUT2D eigenvalue weighted by atomic mass is 35.5. The normalized spacial score (nSPS) is 13.8. The van der Waals surface area contributed by atoms with Gasteiger partial charge >= 0.3 is 0 Å². The monoisotopic (exact) mass is 715 g/mol. The smallest absolute Gasteiger partial charge is 0.278 e. The maximum absolute atomic E-state index is 14.3. The largest absolute Gasteiger partial charge is 0.493 e. The molecule has 12 heteroatoms. The number of aryl methyl sites for hydroxylation is 4. The summed E-state index contributed by atoms with van der Waals surface area (Å²) in [4.78, 5) is 25.9. The Morgan fingerprint density at radius 1 is 0.980 bits per heavy atom. The number of anilines is 2. The molecule has 4 aromatic carbocycles. The Morgan fingerprint density at radius 3 is 2.48 bits per heavy atom. The van der Waals surface area contributed by atoms with E-state index >= 15 is 0 Å². The molecular weight excluding hydrogens is 674 g/mol. The van der Waals surface area contributed by atoms with E-state index in [-0.39, 0.29) is 41.9 Å². The number of hydrogen-bond donors (Lipinski definition) is 2. The number of aliphatic hydroxyl groups is 1.